The molecule has 0 bridgehead atoms. The van der Waals surface area contributed by atoms with Gasteiger partial charge in [-0.1, -0.05) is 12.1 Å². The highest BCUT2D eigenvalue weighted by Crippen LogP contribution is 2.26. The summed E-state index contributed by atoms with van der Waals surface area (Å²) in [5, 5.41) is 9.63. The Kier molecular flexibility index (Phi) is 3.78. The van der Waals surface area contributed by atoms with Crippen LogP contribution in [0.2, 0.25) is 0 Å². The summed E-state index contributed by atoms with van der Waals surface area (Å²) in [7, 11) is 0. The maximum absolute atomic E-state index is 9.63. The van der Waals surface area contributed by atoms with Gasteiger partial charge in [-0.05, 0) is 42.0 Å². The summed E-state index contributed by atoms with van der Waals surface area (Å²) < 4.78 is 0. The fraction of sp³-hybridized carbons (Fsp3) is 0.0588. The number of aromatic hydroxyl groups is 1. The van der Waals surface area contributed by atoms with E-state index >= 15 is 0 Å². The molecule has 0 saturated heterocycles. The lowest BCUT2D eigenvalue weighted by Gasteiger charge is -2.24. The SMILES string of the molecule is Oc1cccc(CN(c2ccncc2)c2cccnc2)c1. The first kappa shape index (κ1) is 13.1. The van der Waals surface area contributed by atoms with Crippen molar-refractivity contribution in [3.05, 3.63) is 78.9 Å². The van der Waals surface area contributed by atoms with Gasteiger partial charge in [0, 0.05) is 30.8 Å². The van der Waals surface area contributed by atoms with Crippen LogP contribution in [0.4, 0.5) is 11.4 Å². The summed E-state index contributed by atoms with van der Waals surface area (Å²) in [5.74, 6) is 0.272. The molecule has 0 spiro atoms. The summed E-state index contributed by atoms with van der Waals surface area (Å²) in [4.78, 5) is 10.4. The van der Waals surface area contributed by atoms with E-state index in [1.165, 1.54) is 0 Å². The minimum absolute atomic E-state index is 0.272. The van der Waals surface area contributed by atoms with Crippen LogP contribution in [0.5, 0.6) is 5.75 Å². The standard InChI is InChI=1S/C17H15N3O/c21-17-5-1-3-14(11-17)13-20(15-6-9-18-10-7-15)16-4-2-8-19-12-16/h1-12,21H,13H2. The third-order valence-electron chi connectivity index (χ3n) is 3.18. The minimum Gasteiger partial charge on any atom is -0.508 e. The maximum Gasteiger partial charge on any atom is 0.115 e. The Morgan fingerprint density at radius 1 is 0.857 bits per heavy atom. The quantitative estimate of drug-likeness (QED) is 0.792. The number of phenols is 1. The molecule has 2 heterocycles. The number of pyridine rings is 2. The first-order chi connectivity index (χ1) is 10.3. The summed E-state index contributed by atoms with van der Waals surface area (Å²) in [5.41, 5.74) is 3.05. The van der Waals surface area contributed by atoms with E-state index in [1.54, 1.807) is 30.7 Å². The van der Waals surface area contributed by atoms with Gasteiger partial charge in [-0.25, -0.2) is 0 Å². The van der Waals surface area contributed by atoms with Crippen molar-refractivity contribution in [1.29, 1.82) is 0 Å². The van der Waals surface area contributed by atoms with Gasteiger partial charge in [0.2, 0.25) is 0 Å². The molecular weight excluding hydrogens is 262 g/mol. The predicted octanol–water partition coefficient (Wildman–Crippen LogP) is 3.52. The molecule has 2 aromatic heterocycles. The molecule has 1 N–H and O–H groups in total. The summed E-state index contributed by atoms with van der Waals surface area (Å²) in [6.45, 7) is 0.643. The molecule has 0 radical (unpaired) electrons. The van der Waals surface area contributed by atoms with Gasteiger partial charge in [-0.2, -0.15) is 0 Å². The number of rotatable bonds is 4. The maximum atomic E-state index is 9.63. The Balaban J connectivity index is 1.97. The normalized spacial score (nSPS) is 10.3. The molecule has 0 aliphatic heterocycles. The third kappa shape index (κ3) is 3.17. The average molecular weight is 277 g/mol. The number of benzene rings is 1. The fourth-order valence-electron chi connectivity index (χ4n) is 2.21. The van der Waals surface area contributed by atoms with Crippen molar-refractivity contribution < 1.29 is 5.11 Å². The average Bonchev–Trinajstić information content (AvgIpc) is 2.54. The van der Waals surface area contributed by atoms with E-state index in [-0.39, 0.29) is 5.75 Å². The molecule has 0 saturated carbocycles. The molecule has 21 heavy (non-hydrogen) atoms. The molecule has 0 aliphatic carbocycles. The van der Waals surface area contributed by atoms with E-state index < -0.39 is 0 Å². The van der Waals surface area contributed by atoms with Crippen LogP contribution in [0.1, 0.15) is 5.56 Å². The third-order valence-corrected chi connectivity index (χ3v) is 3.18. The van der Waals surface area contributed by atoms with Crippen molar-refractivity contribution in [3.63, 3.8) is 0 Å². The summed E-state index contributed by atoms with van der Waals surface area (Å²) >= 11 is 0. The van der Waals surface area contributed by atoms with Crippen molar-refractivity contribution in [2.75, 3.05) is 4.90 Å². The van der Waals surface area contributed by atoms with Crippen LogP contribution < -0.4 is 4.90 Å². The second kappa shape index (κ2) is 6.05. The summed E-state index contributed by atoms with van der Waals surface area (Å²) in [6, 6.07) is 15.1. The molecule has 4 nitrogen and oxygen atoms in total. The van der Waals surface area contributed by atoms with Crippen molar-refractivity contribution in [3.8, 4) is 5.75 Å². The first-order valence-electron chi connectivity index (χ1n) is 6.68. The molecule has 3 rings (SSSR count). The molecular formula is C17H15N3O. The number of anilines is 2. The molecule has 0 fully saturated rings. The topological polar surface area (TPSA) is 49.2 Å². The smallest absolute Gasteiger partial charge is 0.115 e. The molecule has 0 unspecified atom stereocenters. The van der Waals surface area contributed by atoms with Crippen LogP contribution in [-0.4, -0.2) is 15.1 Å². The minimum atomic E-state index is 0.272. The number of hydrogen-bond donors (Lipinski definition) is 1. The van der Waals surface area contributed by atoms with Gasteiger partial charge in [0.05, 0.1) is 11.9 Å². The highest BCUT2D eigenvalue weighted by atomic mass is 16.3. The van der Waals surface area contributed by atoms with Crippen LogP contribution in [0.15, 0.2) is 73.3 Å². The van der Waals surface area contributed by atoms with E-state index in [0.717, 1.165) is 16.9 Å². The van der Waals surface area contributed by atoms with Crippen LogP contribution in [0.25, 0.3) is 0 Å². The first-order valence-corrected chi connectivity index (χ1v) is 6.68. The number of hydrogen-bond acceptors (Lipinski definition) is 4. The Labute approximate surface area is 123 Å². The van der Waals surface area contributed by atoms with Crippen LogP contribution in [0.3, 0.4) is 0 Å². The lowest BCUT2D eigenvalue weighted by atomic mass is 10.2. The zero-order chi connectivity index (χ0) is 14.5. The zero-order valence-electron chi connectivity index (χ0n) is 11.4. The molecule has 4 heteroatoms. The van der Waals surface area contributed by atoms with Crippen molar-refractivity contribution >= 4 is 11.4 Å². The van der Waals surface area contributed by atoms with Crippen molar-refractivity contribution in [1.82, 2.24) is 9.97 Å². The van der Waals surface area contributed by atoms with Crippen molar-refractivity contribution in [2.45, 2.75) is 6.54 Å². The van der Waals surface area contributed by atoms with Crippen LogP contribution >= 0.6 is 0 Å². The largest absolute Gasteiger partial charge is 0.508 e. The Morgan fingerprint density at radius 2 is 1.71 bits per heavy atom. The summed E-state index contributed by atoms with van der Waals surface area (Å²) in [6.07, 6.45) is 7.11. The van der Waals surface area contributed by atoms with Gasteiger partial charge in [-0.3, -0.25) is 9.97 Å². The van der Waals surface area contributed by atoms with Crippen LogP contribution in [0, 0.1) is 0 Å². The van der Waals surface area contributed by atoms with E-state index in [9.17, 15) is 5.11 Å². The highest BCUT2D eigenvalue weighted by molar-refractivity contribution is 5.62. The number of phenolic OH excluding ortho intramolecular Hbond substituents is 1. The van der Waals surface area contributed by atoms with E-state index in [2.05, 4.69) is 14.9 Å². The van der Waals surface area contributed by atoms with Gasteiger partial charge in [-0.15, -0.1) is 0 Å². The molecule has 0 atom stereocenters. The van der Waals surface area contributed by atoms with E-state index in [0.29, 0.717) is 6.54 Å². The van der Waals surface area contributed by atoms with Gasteiger partial charge < -0.3 is 10.0 Å². The van der Waals surface area contributed by atoms with Gasteiger partial charge in [0.1, 0.15) is 5.75 Å². The molecule has 0 aliphatic rings. The van der Waals surface area contributed by atoms with Crippen molar-refractivity contribution in [2.24, 2.45) is 0 Å². The second-order valence-corrected chi connectivity index (χ2v) is 4.67. The highest BCUT2D eigenvalue weighted by Gasteiger charge is 2.10. The van der Waals surface area contributed by atoms with E-state index in [4.69, 9.17) is 0 Å². The zero-order valence-corrected chi connectivity index (χ0v) is 11.4. The fourth-order valence-corrected chi connectivity index (χ4v) is 2.21. The number of nitrogens with zero attached hydrogens (tertiary/aromatic N) is 3. The second-order valence-electron chi connectivity index (χ2n) is 4.67. The monoisotopic (exact) mass is 277 g/mol. The molecule has 1 aromatic carbocycles. The molecule has 0 amide bonds. The Bertz CT molecular complexity index is 662. The van der Waals surface area contributed by atoms with Gasteiger partial charge in [0.15, 0.2) is 0 Å². The Hall–Kier alpha value is -2.88. The molecule has 104 valence electrons. The lowest BCUT2D eigenvalue weighted by Crippen LogP contribution is -2.16. The van der Waals surface area contributed by atoms with Gasteiger partial charge >= 0.3 is 0 Å². The van der Waals surface area contributed by atoms with Gasteiger partial charge in [0.25, 0.3) is 0 Å². The predicted molar refractivity (Wildman–Crippen MR) is 82.4 cm³/mol. The van der Waals surface area contributed by atoms with E-state index in [1.807, 2.05) is 42.6 Å². The molecule has 3 aromatic rings. The Morgan fingerprint density at radius 3 is 2.43 bits per heavy atom. The lowest BCUT2D eigenvalue weighted by molar-refractivity contribution is 0.474. The number of aromatic nitrogens is 2. The van der Waals surface area contributed by atoms with Crippen LogP contribution in [-0.2, 0) is 6.54 Å².